The summed E-state index contributed by atoms with van der Waals surface area (Å²) < 4.78 is 13.5. The van der Waals surface area contributed by atoms with Crippen molar-refractivity contribution in [3.05, 3.63) is 42.0 Å². The standard InChI is InChI=1S/C21H26FN5O/c1-2-20(28)27-10-4-5-14(13-27)21-25-18(23-16-8-9-16)12-19(26-21)24-17-7-3-6-15(22)11-17/h3,6-7,11-12,14,16H,2,4-5,8-10,13H2,1H3,(H2,23,24,25,26). The Bertz CT molecular complexity index is 854. The molecular weight excluding hydrogens is 357 g/mol. The summed E-state index contributed by atoms with van der Waals surface area (Å²) in [4.78, 5) is 23.5. The number of benzene rings is 1. The lowest BCUT2D eigenvalue weighted by Gasteiger charge is -2.32. The Labute approximate surface area is 164 Å². The van der Waals surface area contributed by atoms with Gasteiger partial charge in [-0.3, -0.25) is 4.79 Å². The number of piperidine rings is 1. The highest BCUT2D eigenvalue weighted by Gasteiger charge is 2.27. The molecule has 0 spiro atoms. The van der Waals surface area contributed by atoms with Gasteiger partial charge >= 0.3 is 0 Å². The number of carbonyl (C=O) groups excluding carboxylic acids is 1. The molecule has 2 heterocycles. The third-order valence-electron chi connectivity index (χ3n) is 5.21. The predicted molar refractivity (Wildman–Crippen MR) is 107 cm³/mol. The van der Waals surface area contributed by atoms with Gasteiger partial charge in [-0.25, -0.2) is 14.4 Å². The van der Waals surface area contributed by atoms with Crippen molar-refractivity contribution in [2.75, 3.05) is 23.7 Å². The van der Waals surface area contributed by atoms with Crippen molar-refractivity contribution in [1.29, 1.82) is 0 Å². The molecule has 4 rings (SSSR count). The number of nitrogens with one attached hydrogen (secondary N) is 2. The molecule has 1 saturated heterocycles. The SMILES string of the molecule is CCC(=O)N1CCCC(c2nc(Nc3cccc(F)c3)cc(NC3CC3)n2)C1. The molecule has 2 aliphatic rings. The fourth-order valence-electron chi connectivity index (χ4n) is 3.58. The number of carbonyl (C=O) groups is 1. The Balaban J connectivity index is 1.59. The maximum Gasteiger partial charge on any atom is 0.222 e. The highest BCUT2D eigenvalue weighted by molar-refractivity contribution is 5.76. The predicted octanol–water partition coefficient (Wildman–Crippen LogP) is 4.05. The van der Waals surface area contributed by atoms with Crippen molar-refractivity contribution >= 4 is 23.2 Å². The van der Waals surface area contributed by atoms with E-state index in [2.05, 4.69) is 10.6 Å². The number of likely N-dealkylation sites (tertiary alicyclic amines) is 1. The molecule has 148 valence electrons. The second-order valence-corrected chi connectivity index (χ2v) is 7.58. The lowest BCUT2D eigenvalue weighted by atomic mass is 9.97. The Morgan fingerprint density at radius 1 is 1.21 bits per heavy atom. The Kier molecular flexibility index (Phi) is 5.41. The number of nitrogens with zero attached hydrogens (tertiary/aromatic N) is 3. The van der Waals surface area contributed by atoms with E-state index in [9.17, 15) is 9.18 Å². The monoisotopic (exact) mass is 383 g/mol. The topological polar surface area (TPSA) is 70.2 Å². The van der Waals surface area contributed by atoms with Gasteiger partial charge in [0.1, 0.15) is 23.3 Å². The molecule has 2 aromatic rings. The second-order valence-electron chi connectivity index (χ2n) is 7.58. The maximum atomic E-state index is 13.5. The summed E-state index contributed by atoms with van der Waals surface area (Å²) in [6.45, 7) is 3.35. The van der Waals surface area contributed by atoms with Crippen LogP contribution in [0.3, 0.4) is 0 Å². The van der Waals surface area contributed by atoms with Crippen molar-refractivity contribution in [1.82, 2.24) is 14.9 Å². The van der Waals surface area contributed by atoms with Gasteiger partial charge < -0.3 is 15.5 Å². The number of rotatable bonds is 6. The molecule has 1 aliphatic carbocycles. The second kappa shape index (κ2) is 8.12. The van der Waals surface area contributed by atoms with Gasteiger partial charge in [-0.05, 0) is 43.9 Å². The molecule has 1 aromatic heterocycles. The molecule has 0 bridgehead atoms. The lowest BCUT2D eigenvalue weighted by Crippen LogP contribution is -2.39. The van der Waals surface area contributed by atoms with Crippen LogP contribution in [0, 0.1) is 5.82 Å². The van der Waals surface area contributed by atoms with Crippen molar-refractivity contribution in [3.63, 3.8) is 0 Å². The lowest BCUT2D eigenvalue weighted by molar-refractivity contribution is -0.132. The van der Waals surface area contributed by atoms with Crippen LogP contribution in [0.4, 0.5) is 21.7 Å². The molecule has 2 N–H and O–H groups in total. The molecule has 1 amide bonds. The van der Waals surface area contributed by atoms with Crippen LogP contribution in [-0.4, -0.2) is 39.9 Å². The van der Waals surface area contributed by atoms with Gasteiger partial charge in [0.25, 0.3) is 0 Å². The molecular formula is C21H26FN5O. The van der Waals surface area contributed by atoms with Gasteiger partial charge in [0, 0.05) is 43.2 Å². The van der Waals surface area contributed by atoms with Crippen molar-refractivity contribution in [2.24, 2.45) is 0 Å². The van der Waals surface area contributed by atoms with Crippen LogP contribution in [0.5, 0.6) is 0 Å². The highest BCUT2D eigenvalue weighted by Crippen LogP contribution is 2.30. The van der Waals surface area contributed by atoms with E-state index in [1.54, 1.807) is 12.1 Å². The summed E-state index contributed by atoms with van der Waals surface area (Å²) in [5.41, 5.74) is 0.647. The average molecular weight is 383 g/mol. The smallest absolute Gasteiger partial charge is 0.222 e. The van der Waals surface area contributed by atoms with Gasteiger partial charge in [0.05, 0.1) is 0 Å². The van der Waals surface area contributed by atoms with Gasteiger partial charge in [0.2, 0.25) is 5.91 Å². The zero-order valence-corrected chi connectivity index (χ0v) is 16.1. The van der Waals surface area contributed by atoms with E-state index in [4.69, 9.17) is 9.97 Å². The minimum Gasteiger partial charge on any atom is -0.367 e. The molecule has 28 heavy (non-hydrogen) atoms. The van der Waals surface area contributed by atoms with Crippen LogP contribution in [0.15, 0.2) is 30.3 Å². The Morgan fingerprint density at radius 2 is 2.04 bits per heavy atom. The maximum absolute atomic E-state index is 13.5. The summed E-state index contributed by atoms with van der Waals surface area (Å²) in [6.07, 6.45) is 4.72. The summed E-state index contributed by atoms with van der Waals surface area (Å²) in [6, 6.07) is 8.66. The number of hydrogen-bond donors (Lipinski definition) is 2. The summed E-state index contributed by atoms with van der Waals surface area (Å²) >= 11 is 0. The van der Waals surface area contributed by atoms with Crippen LogP contribution in [0.1, 0.15) is 50.8 Å². The highest BCUT2D eigenvalue weighted by atomic mass is 19.1. The molecule has 1 aromatic carbocycles. The number of amides is 1. The van der Waals surface area contributed by atoms with Crippen LogP contribution in [0.2, 0.25) is 0 Å². The van der Waals surface area contributed by atoms with Gasteiger partial charge in [-0.2, -0.15) is 0 Å². The molecule has 0 radical (unpaired) electrons. The zero-order valence-electron chi connectivity index (χ0n) is 16.1. The van der Waals surface area contributed by atoms with E-state index in [0.717, 1.165) is 43.9 Å². The van der Waals surface area contributed by atoms with Gasteiger partial charge in [-0.1, -0.05) is 13.0 Å². The Morgan fingerprint density at radius 3 is 2.79 bits per heavy atom. The van der Waals surface area contributed by atoms with Crippen LogP contribution in [0.25, 0.3) is 0 Å². The number of aromatic nitrogens is 2. The minimum atomic E-state index is -0.295. The van der Waals surface area contributed by atoms with Gasteiger partial charge in [0.15, 0.2) is 0 Å². The molecule has 1 unspecified atom stereocenters. The van der Waals surface area contributed by atoms with E-state index in [1.807, 2.05) is 17.9 Å². The molecule has 1 atom stereocenters. The Hall–Kier alpha value is -2.70. The number of hydrogen-bond acceptors (Lipinski definition) is 5. The van der Waals surface area contributed by atoms with Crippen LogP contribution < -0.4 is 10.6 Å². The van der Waals surface area contributed by atoms with Crippen LogP contribution in [-0.2, 0) is 4.79 Å². The van der Waals surface area contributed by atoms with E-state index in [1.165, 1.54) is 12.1 Å². The normalized spacial score (nSPS) is 19.4. The molecule has 6 nitrogen and oxygen atoms in total. The first-order valence-electron chi connectivity index (χ1n) is 10.1. The summed E-state index contributed by atoms with van der Waals surface area (Å²) in [5, 5.41) is 6.62. The molecule has 7 heteroatoms. The first-order valence-corrected chi connectivity index (χ1v) is 10.1. The minimum absolute atomic E-state index is 0.110. The quantitative estimate of drug-likeness (QED) is 0.788. The molecule has 1 aliphatic heterocycles. The fraction of sp³-hybridized carbons (Fsp3) is 0.476. The van der Waals surface area contributed by atoms with Crippen molar-refractivity contribution < 1.29 is 9.18 Å². The molecule has 1 saturated carbocycles. The number of anilines is 3. The largest absolute Gasteiger partial charge is 0.367 e. The van der Waals surface area contributed by atoms with E-state index in [-0.39, 0.29) is 17.6 Å². The summed E-state index contributed by atoms with van der Waals surface area (Å²) in [7, 11) is 0. The van der Waals surface area contributed by atoms with Gasteiger partial charge in [-0.15, -0.1) is 0 Å². The first kappa shape index (κ1) is 18.7. The van der Waals surface area contributed by atoms with E-state index in [0.29, 0.717) is 30.5 Å². The average Bonchev–Trinajstić information content (AvgIpc) is 3.51. The van der Waals surface area contributed by atoms with Crippen molar-refractivity contribution in [3.8, 4) is 0 Å². The first-order chi connectivity index (χ1) is 13.6. The third-order valence-corrected chi connectivity index (χ3v) is 5.21. The summed E-state index contributed by atoms with van der Waals surface area (Å²) in [5.74, 6) is 2.14. The third kappa shape index (κ3) is 4.58. The van der Waals surface area contributed by atoms with E-state index >= 15 is 0 Å². The molecule has 2 fully saturated rings. The van der Waals surface area contributed by atoms with Crippen LogP contribution >= 0.6 is 0 Å². The zero-order chi connectivity index (χ0) is 19.5. The van der Waals surface area contributed by atoms with E-state index < -0.39 is 0 Å². The number of halogens is 1. The fourth-order valence-corrected chi connectivity index (χ4v) is 3.58. The van der Waals surface area contributed by atoms with Crippen molar-refractivity contribution in [2.45, 2.75) is 51.0 Å².